The Hall–Kier alpha value is -1.39. The van der Waals surface area contributed by atoms with Crippen LogP contribution >= 0.6 is 0 Å². The summed E-state index contributed by atoms with van der Waals surface area (Å²) in [6, 6.07) is 8.04. The summed E-state index contributed by atoms with van der Waals surface area (Å²) in [6.45, 7) is 6.17. The second-order valence-corrected chi connectivity index (χ2v) is 5.54. The Balaban J connectivity index is 2.09. The van der Waals surface area contributed by atoms with Gasteiger partial charge in [0.1, 0.15) is 0 Å². The number of rotatable bonds is 5. The molecule has 0 aliphatic carbocycles. The van der Waals surface area contributed by atoms with Crippen molar-refractivity contribution < 1.29 is 4.79 Å². The van der Waals surface area contributed by atoms with Gasteiger partial charge in [0.25, 0.3) is 0 Å². The summed E-state index contributed by atoms with van der Waals surface area (Å²) in [5.41, 5.74) is 2.02. The molecule has 1 fully saturated rings. The standard InChI is InChI=1S/C16H25N3O/c1-4-15(18(2)3)16(20)13-5-7-14(8-6-13)19-11-9-17-10-12-19/h5-8,15,17H,4,9-12H2,1-3H3. The van der Waals surface area contributed by atoms with Gasteiger partial charge in [0.05, 0.1) is 6.04 Å². The van der Waals surface area contributed by atoms with E-state index >= 15 is 0 Å². The molecule has 1 unspecified atom stereocenters. The molecule has 1 aromatic rings. The van der Waals surface area contributed by atoms with Crippen LogP contribution in [-0.4, -0.2) is 57.0 Å². The Morgan fingerprint density at radius 1 is 1.25 bits per heavy atom. The number of nitrogens with zero attached hydrogens (tertiary/aromatic N) is 2. The molecule has 2 rings (SSSR count). The Morgan fingerprint density at radius 3 is 2.35 bits per heavy atom. The molecule has 1 saturated heterocycles. The van der Waals surface area contributed by atoms with Crippen molar-refractivity contribution >= 4 is 11.5 Å². The number of benzene rings is 1. The summed E-state index contributed by atoms with van der Waals surface area (Å²) >= 11 is 0. The molecular weight excluding hydrogens is 250 g/mol. The van der Waals surface area contributed by atoms with Crippen molar-refractivity contribution in [1.29, 1.82) is 0 Å². The summed E-state index contributed by atoms with van der Waals surface area (Å²) in [6.07, 6.45) is 0.839. The van der Waals surface area contributed by atoms with Crippen molar-refractivity contribution in [3.8, 4) is 0 Å². The summed E-state index contributed by atoms with van der Waals surface area (Å²) in [7, 11) is 3.92. The molecule has 0 amide bonds. The van der Waals surface area contributed by atoms with Crippen molar-refractivity contribution in [1.82, 2.24) is 10.2 Å². The van der Waals surface area contributed by atoms with Crippen molar-refractivity contribution in [3.63, 3.8) is 0 Å². The minimum atomic E-state index is -0.0277. The third kappa shape index (κ3) is 3.38. The molecule has 1 atom stereocenters. The first-order valence-electron chi connectivity index (χ1n) is 7.40. The first-order valence-corrected chi connectivity index (χ1v) is 7.40. The van der Waals surface area contributed by atoms with Gasteiger partial charge in [0, 0.05) is 37.4 Å². The summed E-state index contributed by atoms with van der Waals surface area (Å²) in [4.78, 5) is 16.8. The molecule has 1 aliphatic rings. The fourth-order valence-electron chi connectivity index (χ4n) is 2.74. The lowest BCUT2D eigenvalue weighted by Crippen LogP contribution is -2.43. The van der Waals surface area contributed by atoms with E-state index in [2.05, 4.69) is 29.3 Å². The van der Waals surface area contributed by atoms with E-state index in [-0.39, 0.29) is 11.8 Å². The van der Waals surface area contributed by atoms with Crippen LogP contribution in [-0.2, 0) is 0 Å². The maximum atomic E-state index is 12.4. The maximum absolute atomic E-state index is 12.4. The molecular formula is C16H25N3O. The highest BCUT2D eigenvalue weighted by Gasteiger charge is 2.20. The van der Waals surface area contributed by atoms with Crippen molar-refractivity contribution in [3.05, 3.63) is 29.8 Å². The first kappa shape index (κ1) is 15.0. The van der Waals surface area contributed by atoms with Gasteiger partial charge in [0.2, 0.25) is 0 Å². The number of Topliss-reactive ketones (excluding diaryl/α,β-unsaturated/α-hetero) is 1. The van der Waals surface area contributed by atoms with Crippen LogP contribution in [0.25, 0.3) is 0 Å². The predicted molar refractivity (Wildman–Crippen MR) is 83.6 cm³/mol. The minimum absolute atomic E-state index is 0.0277. The second kappa shape index (κ2) is 6.86. The first-order chi connectivity index (χ1) is 9.63. The third-order valence-electron chi connectivity index (χ3n) is 3.95. The molecule has 4 nitrogen and oxygen atoms in total. The van der Waals surface area contributed by atoms with Gasteiger partial charge in [0.15, 0.2) is 5.78 Å². The number of carbonyl (C=O) groups is 1. The number of carbonyl (C=O) groups excluding carboxylic acids is 1. The fourth-order valence-corrected chi connectivity index (χ4v) is 2.74. The molecule has 0 bridgehead atoms. The van der Waals surface area contributed by atoms with Crippen LogP contribution in [0.4, 0.5) is 5.69 Å². The molecule has 0 aromatic heterocycles. The molecule has 1 aromatic carbocycles. The predicted octanol–water partition coefficient (Wildman–Crippen LogP) is 1.62. The van der Waals surface area contributed by atoms with Crippen LogP contribution in [0.1, 0.15) is 23.7 Å². The Kier molecular flexibility index (Phi) is 5.15. The average Bonchev–Trinajstić information content (AvgIpc) is 2.48. The molecule has 0 saturated carbocycles. The Bertz CT molecular complexity index is 436. The molecule has 1 N–H and O–H groups in total. The normalized spacial score (nSPS) is 17.3. The molecule has 20 heavy (non-hydrogen) atoms. The van der Waals surface area contributed by atoms with E-state index in [0.29, 0.717) is 0 Å². The van der Waals surface area contributed by atoms with Crippen LogP contribution < -0.4 is 10.2 Å². The number of anilines is 1. The molecule has 1 aliphatic heterocycles. The van der Waals surface area contributed by atoms with E-state index in [1.54, 1.807) is 0 Å². The summed E-state index contributed by atoms with van der Waals surface area (Å²) in [5, 5.41) is 3.35. The number of nitrogens with one attached hydrogen (secondary N) is 1. The zero-order valence-electron chi connectivity index (χ0n) is 12.7. The number of hydrogen-bond acceptors (Lipinski definition) is 4. The zero-order valence-corrected chi connectivity index (χ0v) is 12.7. The van der Waals surface area contributed by atoms with E-state index in [9.17, 15) is 4.79 Å². The SMILES string of the molecule is CCC(C(=O)c1ccc(N2CCNCC2)cc1)N(C)C. The average molecular weight is 275 g/mol. The fraction of sp³-hybridized carbons (Fsp3) is 0.562. The van der Waals surface area contributed by atoms with Crippen molar-refractivity contribution in [2.24, 2.45) is 0 Å². The van der Waals surface area contributed by atoms with Gasteiger partial charge in [-0.25, -0.2) is 0 Å². The van der Waals surface area contributed by atoms with Gasteiger partial charge in [-0.1, -0.05) is 6.92 Å². The van der Waals surface area contributed by atoms with E-state index in [4.69, 9.17) is 0 Å². The lowest BCUT2D eigenvalue weighted by Gasteiger charge is -2.29. The van der Waals surface area contributed by atoms with Gasteiger partial charge in [-0.2, -0.15) is 0 Å². The highest BCUT2D eigenvalue weighted by molar-refractivity contribution is 6.00. The van der Waals surface area contributed by atoms with Crippen molar-refractivity contribution in [2.75, 3.05) is 45.2 Å². The van der Waals surface area contributed by atoms with Gasteiger partial charge in [-0.05, 0) is 44.8 Å². The van der Waals surface area contributed by atoms with Crippen LogP contribution in [0.15, 0.2) is 24.3 Å². The molecule has 110 valence electrons. The largest absolute Gasteiger partial charge is 0.369 e. The zero-order chi connectivity index (χ0) is 14.5. The van der Waals surface area contributed by atoms with Crippen LogP contribution in [0.5, 0.6) is 0 Å². The second-order valence-electron chi connectivity index (χ2n) is 5.54. The van der Waals surface area contributed by atoms with E-state index in [1.165, 1.54) is 5.69 Å². The molecule has 1 heterocycles. The van der Waals surface area contributed by atoms with Crippen LogP contribution in [0, 0.1) is 0 Å². The lowest BCUT2D eigenvalue weighted by molar-refractivity contribution is 0.0871. The molecule has 0 spiro atoms. The van der Waals surface area contributed by atoms with E-state index < -0.39 is 0 Å². The van der Waals surface area contributed by atoms with Gasteiger partial charge in [-0.3, -0.25) is 9.69 Å². The minimum Gasteiger partial charge on any atom is -0.369 e. The summed E-state index contributed by atoms with van der Waals surface area (Å²) in [5.74, 6) is 0.212. The Labute approximate surface area is 121 Å². The topological polar surface area (TPSA) is 35.6 Å². The molecule has 4 heteroatoms. The highest BCUT2D eigenvalue weighted by Crippen LogP contribution is 2.18. The number of piperazine rings is 1. The third-order valence-corrected chi connectivity index (χ3v) is 3.95. The van der Waals surface area contributed by atoms with Gasteiger partial charge in [-0.15, -0.1) is 0 Å². The Morgan fingerprint density at radius 2 is 1.85 bits per heavy atom. The lowest BCUT2D eigenvalue weighted by atomic mass is 10.0. The number of hydrogen-bond donors (Lipinski definition) is 1. The number of ketones is 1. The number of likely N-dealkylation sites (N-methyl/N-ethyl adjacent to an activating group) is 1. The quantitative estimate of drug-likeness (QED) is 0.828. The van der Waals surface area contributed by atoms with E-state index in [0.717, 1.165) is 38.2 Å². The smallest absolute Gasteiger partial charge is 0.179 e. The monoisotopic (exact) mass is 275 g/mol. The van der Waals surface area contributed by atoms with E-state index in [1.807, 2.05) is 31.1 Å². The van der Waals surface area contributed by atoms with Gasteiger partial charge < -0.3 is 10.2 Å². The maximum Gasteiger partial charge on any atom is 0.179 e. The molecule has 0 radical (unpaired) electrons. The summed E-state index contributed by atoms with van der Waals surface area (Å²) < 4.78 is 0. The van der Waals surface area contributed by atoms with Crippen molar-refractivity contribution in [2.45, 2.75) is 19.4 Å². The highest BCUT2D eigenvalue weighted by atomic mass is 16.1. The van der Waals surface area contributed by atoms with Crippen LogP contribution in [0.2, 0.25) is 0 Å². The van der Waals surface area contributed by atoms with Gasteiger partial charge >= 0.3 is 0 Å². The van der Waals surface area contributed by atoms with Crippen LogP contribution in [0.3, 0.4) is 0 Å².